The highest BCUT2D eigenvalue weighted by atomic mass is 32.2. The maximum absolute atomic E-state index is 13.0. The standard InChI is InChI=1S/C22H28FN5O4S/c1-22(2,21(24)25)33(30,31)13-15-5-3-4-14-6-7-16(10-17(14)15)28-20(29)18-11-27-19(12-26-18)32-9-8-23/h6-7,10-12,15H,3-5,8-9,13H2,1-2H3,(H3,24,25)(H,28,29). The van der Waals surface area contributed by atoms with Crippen LogP contribution in [0.25, 0.3) is 0 Å². The van der Waals surface area contributed by atoms with Gasteiger partial charge in [0.2, 0.25) is 5.88 Å². The van der Waals surface area contributed by atoms with E-state index in [2.05, 4.69) is 15.3 Å². The topological polar surface area (TPSA) is 148 Å². The van der Waals surface area contributed by atoms with Gasteiger partial charge in [-0.3, -0.25) is 10.2 Å². The molecule has 9 nitrogen and oxygen atoms in total. The number of nitrogens with one attached hydrogen (secondary N) is 2. The Hall–Kier alpha value is -3.08. The molecular weight excluding hydrogens is 449 g/mol. The predicted octanol–water partition coefficient (Wildman–Crippen LogP) is 2.63. The number of carbonyl (C=O) groups excluding carboxylic acids is 1. The number of sulfone groups is 1. The van der Waals surface area contributed by atoms with Crippen molar-refractivity contribution >= 4 is 27.3 Å². The third-order valence-electron chi connectivity index (χ3n) is 5.88. The van der Waals surface area contributed by atoms with Gasteiger partial charge in [0.05, 0.1) is 18.1 Å². The number of nitrogens with zero attached hydrogens (tertiary/aromatic N) is 2. The highest BCUT2D eigenvalue weighted by Gasteiger charge is 2.40. The maximum Gasteiger partial charge on any atom is 0.275 e. The van der Waals surface area contributed by atoms with Crippen LogP contribution in [0.1, 0.15) is 54.2 Å². The molecule has 1 amide bonds. The smallest absolute Gasteiger partial charge is 0.275 e. The first-order chi connectivity index (χ1) is 15.5. The molecule has 1 aromatic carbocycles. The van der Waals surface area contributed by atoms with Gasteiger partial charge in [-0.2, -0.15) is 0 Å². The molecular formula is C22H28FN5O4S. The molecule has 0 aliphatic heterocycles. The van der Waals surface area contributed by atoms with Crippen LogP contribution in [0.5, 0.6) is 5.88 Å². The van der Waals surface area contributed by atoms with Crippen LogP contribution in [0.4, 0.5) is 10.1 Å². The van der Waals surface area contributed by atoms with Gasteiger partial charge in [0.15, 0.2) is 9.84 Å². The van der Waals surface area contributed by atoms with Crippen molar-refractivity contribution in [1.82, 2.24) is 9.97 Å². The lowest BCUT2D eigenvalue weighted by atomic mass is 9.83. The Morgan fingerprint density at radius 3 is 2.73 bits per heavy atom. The predicted molar refractivity (Wildman–Crippen MR) is 123 cm³/mol. The number of ether oxygens (including phenoxy) is 1. The van der Waals surface area contributed by atoms with E-state index in [0.29, 0.717) is 12.1 Å². The number of alkyl halides is 1. The Bertz CT molecular complexity index is 1140. The first-order valence-corrected chi connectivity index (χ1v) is 12.2. The van der Waals surface area contributed by atoms with Crippen LogP contribution in [0.15, 0.2) is 30.6 Å². The normalized spacial score (nSPS) is 16.0. The number of carbonyl (C=O) groups is 1. The summed E-state index contributed by atoms with van der Waals surface area (Å²) in [6, 6.07) is 5.44. The SMILES string of the molecule is CC(C)(C(=N)N)S(=O)(=O)CC1CCCc2ccc(NC(=O)c3cnc(OCCF)cn3)cc21. The summed E-state index contributed by atoms with van der Waals surface area (Å²) < 4.78 is 41.7. The Morgan fingerprint density at radius 2 is 2.09 bits per heavy atom. The Balaban J connectivity index is 1.78. The number of benzene rings is 1. The molecule has 0 saturated heterocycles. The summed E-state index contributed by atoms with van der Waals surface area (Å²) in [6.45, 7) is 2.09. The second-order valence-corrected chi connectivity index (χ2v) is 11.0. The van der Waals surface area contributed by atoms with Crippen LogP contribution in [-0.2, 0) is 16.3 Å². The zero-order valence-corrected chi connectivity index (χ0v) is 19.4. The second kappa shape index (κ2) is 9.82. The number of aryl methyl sites for hydroxylation is 1. The lowest BCUT2D eigenvalue weighted by Crippen LogP contribution is -2.46. The van der Waals surface area contributed by atoms with Crippen LogP contribution in [0.2, 0.25) is 0 Å². The van der Waals surface area contributed by atoms with Crippen LogP contribution >= 0.6 is 0 Å². The van der Waals surface area contributed by atoms with E-state index in [0.717, 1.165) is 24.0 Å². The number of aromatic nitrogens is 2. The van der Waals surface area contributed by atoms with E-state index in [4.69, 9.17) is 15.9 Å². The number of nitrogens with two attached hydrogens (primary N) is 1. The molecule has 11 heteroatoms. The summed E-state index contributed by atoms with van der Waals surface area (Å²) in [5, 5.41) is 10.4. The summed E-state index contributed by atoms with van der Waals surface area (Å²) in [5.74, 6) is -1.15. The van der Waals surface area contributed by atoms with Gasteiger partial charge in [-0.15, -0.1) is 0 Å². The lowest BCUT2D eigenvalue weighted by Gasteiger charge is -2.30. The number of hydrogen-bond acceptors (Lipinski definition) is 7. The van der Waals surface area contributed by atoms with Gasteiger partial charge in [-0.1, -0.05) is 6.07 Å². The molecule has 0 saturated carbocycles. The van der Waals surface area contributed by atoms with Crippen molar-refractivity contribution in [1.29, 1.82) is 5.41 Å². The fourth-order valence-electron chi connectivity index (χ4n) is 3.63. The molecule has 178 valence electrons. The first-order valence-electron chi connectivity index (χ1n) is 10.6. The van der Waals surface area contributed by atoms with Crippen molar-refractivity contribution in [2.45, 2.75) is 43.8 Å². The Morgan fingerprint density at radius 1 is 1.33 bits per heavy atom. The number of hydrogen-bond donors (Lipinski definition) is 3. The van der Waals surface area contributed by atoms with E-state index in [1.807, 2.05) is 6.07 Å². The summed E-state index contributed by atoms with van der Waals surface area (Å²) >= 11 is 0. The molecule has 0 bridgehead atoms. The number of amidine groups is 1. The zero-order chi connectivity index (χ0) is 24.2. The highest BCUT2D eigenvalue weighted by Crippen LogP contribution is 2.36. The number of fused-ring (bicyclic) bond motifs is 1. The summed E-state index contributed by atoms with van der Waals surface area (Å²) in [7, 11) is -3.68. The van der Waals surface area contributed by atoms with Crippen molar-refractivity contribution in [3.63, 3.8) is 0 Å². The zero-order valence-electron chi connectivity index (χ0n) is 18.6. The third kappa shape index (κ3) is 5.47. The van der Waals surface area contributed by atoms with E-state index < -0.39 is 27.2 Å². The third-order valence-corrected chi connectivity index (χ3v) is 8.49. The van der Waals surface area contributed by atoms with E-state index >= 15 is 0 Å². The quantitative estimate of drug-likeness (QED) is 0.371. The van der Waals surface area contributed by atoms with Crippen molar-refractivity contribution in [2.24, 2.45) is 5.73 Å². The van der Waals surface area contributed by atoms with E-state index in [1.165, 1.54) is 26.2 Å². The van der Waals surface area contributed by atoms with Gasteiger partial charge < -0.3 is 15.8 Å². The van der Waals surface area contributed by atoms with Crippen LogP contribution in [0, 0.1) is 5.41 Å². The molecule has 0 radical (unpaired) electrons. The van der Waals surface area contributed by atoms with E-state index in [-0.39, 0.29) is 35.7 Å². The van der Waals surface area contributed by atoms with Crippen molar-refractivity contribution in [2.75, 3.05) is 24.4 Å². The van der Waals surface area contributed by atoms with Gasteiger partial charge in [0, 0.05) is 5.69 Å². The summed E-state index contributed by atoms with van der Waals surface area (Å²) in [6.07, 6.45) is 4.84. The fraction of sp³-hybridized carbons (Fsp3) is 0.455. The fourth-order valence-corrected chi connectivity index (χ4v) is 5.26. The minimum absolute atomic E-state index is 0.0580. The molecule has 0 fully saturated rings. The number of rotatable bonds is 9. The molecule has 1 heterocycles. The molecule has 4 N–H and O–H groups in total. The minimum Gasteiger partial charge on any atom is -0.474 e. The van der Waals surface area contributed by atoms with Crippen LogP contribution < -0.4 is 15.8 Å². The van der Waals surface area contributed by atoms with Crippen molar-refractivity contribution in [3.05, 3.63) is 47.4 Å². The molecule has 33 heavy (non-hydrogen) atoms. The molecule has 1 aliphatic rings. The van der Waals surface area contributed by atoms with Gasteiger partial charge in [-0.25, -0.2) is 22.8 Å². The molecule has 1 unspecified atom stereocenters. The minimum atomic E-state index is -3.68. The summed E-state index contributed by atoms with van der Waals surface area (Å²) in [5.41, 5.74) is 8.01. The largest absolute Gasteiger partial charge is 0.474 e. The molecule has 1 aliphatic carbocycles. The van der Waals surface area contributed by atoms with Crippen LogP contribution in [-0.4, -0.2) is 53.9 Å². The van der Waals surface area contributed by atoms with E-state index in [1.54, 1.807) is 12.1 Å². The highest BCUT2D eigenvalue weighted by molar-refractivity contribution is 7.93. The molecule has 0 spiro atoms. The van der Waals surface area contributed by atoms with Gasteiger partial charge in [0.1, 0.15) is 29.6 Å². The average molecular weight is 478 g/mol. The molecule has 1 atom stereocenters. The molecule has 2 aromatic rings. The monoisotopic (exact) mass is 477 g/mol. The Kier molecular flexibility index (Phi) is 7.31. The molecule has 3 rings (SSSR count). The van der Waals surface area contributed by atoms with Gasteiger partial charge in [-0.05, 0) is 62.3 Å². The van der Waals surface area contributed by atoms with Gasteiger partial charge >= 0.3 is 0 Å². The average Bonchev–Trinajstić information content (AvgIpc) is 2.78. The number of halogens is 1. The maximum atomic E-state index is 13.0. The van der Waals surface area contributed by atoms with E-state index in [9.17, 15) is 17.6 Å². The summed E-state index contributed by atoms with van der Waals surface area (Å²) in [4.78, 5) is 20.5. The number of amides is 1. The second-order valence-electron chi connectivity index (χ2n) is 8.44. The van der Waals surface area contributed by atoms with Crippen molar-refractivity contribution in [3.8, 4) is 5.88 Å². The molecule has 1 aromatic heterocycles. The number of anilines is 1. The van der Waals surface area contributed by atoms with Gasteiger partial charge in [0.25, 0.3) is 5.91 Å². The van der Waals surface area contributed by atoms with Crippen LogP contribution in [0.3, 0.4) is 0 Å². The lowest BCUT2D eigenvalue weighted by molar-refractivity contribution is 0.102. The Labute approximate surface area is 192 Å². The first kappa shape index (κ1) is 24.6. The van der Waals surface area contributed by atoms with Crippen molar-refractivity contribution < 1.29 is 22.3 Å².